The van der Waals surface area contributed by atoms with Crippen LogP contribution in [-0.2, 0) is 6.42 Å². The van der Waals surface area contributed by atoms with Gasteiger partial charge in [0.2, 0.25) is 0 Å². The molecule has 1 aromatic carbocycles. The fourth-order valence-electron chi connectivity index (χ4n) is 2.25. The van der Waals surface area contributed by atoms with Crippen molar-refractivity contribution >= 4 is 23.2 Å². The number of nitrogens with zero attached hydrogens (tertiary/aromatic N) is 3. The normalized spacial score (nSPS) is 11.2. The van der Waals surface area contributed by atoms with Crippen LogP contribution < -0.4 is 15.5 Å². The van der Waals surface area contributed by atoms with Gasteiger partial charge in [-0.15, -0.1) is 0 Å². The monoisotopic (exact) mass is 345 g/mol. The van der Waals surface area contributed by atoms with Crippen molar-refractivity contribution < 1.29 is 0 Å². The van der Waals surface area contributed by atoms with Gasteiger partial charge in [0.15, 0.2) is 5.96 Å². The van der Waals surface area contributed by atoms with Crippen LogP contribution in [0.2, 0.25) is 5.15 Å². The zero-order chi connectivity index (χ0) is 17.2. The highest BCUT2D eigenvalue weighted by Crippen LogP contribution is 2.09. The number of likely N-dealkylation sites (N-methyl/N-ethyl adjacent to an activating group) is 1. The van der Waals surface area contributed by atoms with E-state index in [1.165, 1.54) is 5.69 Å². The molecule has 0 bridgehead atoms. The van der Waals surface area contributed by atoms with Gasteiger partial charge in [0.05, 0.1) is 0 Å². The van der Waals surface area contributed by atoms with E-state index in [1.807, 2.05) is 30.3 Å². The van der Waals surface area contributed by atoms with E-state index >= 15 is 0 Å². The van der Waals surface area contributed by atoms with Crippen LogP contribution in [0.25, 0.3) is 0 Å². The maximum Gasteiger partial charge on any atom is 0.191 e. The van der Waals surface area contributed by atoms with Crippen LogP contribution in [0, 0.1) is 0 Å². The van der Waals surface area contributed by atoms with Gasteiger partial charge in [0, 0.05) is 45.6 Å². The zero-order valence-corrected chi connectivity index (χ0v) is 14.9. The fraction of sp³-hybridized carbons (Fsp3) is 0.333. The summed E-state index contributed by atoms with van der Waals surface area (Å²) in [6.45, 7) is 2.50. The Labute approximate surface area is 148 Å². The Hall–Kier alpha value is -2.27. The number of halogens is 1. The maximum absolute atomic E-state index is 5.79. The van der Waals surface area contributed by atoms with E-state index in [0.717, 1.165) is 37.6 Å². The van der Waals surface area contributed by atoms with Crippen LogP contribution in [-0.4, -0.2) is 44.7 Å². The molecule has 0 spiro atoms. The number of para-hydroxylation sites is 1. The van der Waals surface area contributed by atoms with Crippen LogP contribution in [0.4, 0.5) is 5.69 Å². The lowest BCUT2D eigenvalue weighted by Gasteiger charge is -2.20. The van der Waals surface area contributed by atoms with Crippen molar-refractivity contribution in [3.8, 4) is 0 Å². The molecule has 0 fully saturated rings. The number of guanidine groups is 1. The molecule has 128 valence electrons. The smallest absolute Gasteiger partial charge is 0.191 e. The summed E-state index contributed by atoms with van der Waals surface area (Å²) in [5.41, 5.74) is 2.35. The molecule has 0 saturated heterocycles. The second kappa shape index (κ2) is 9.78. The van der Waals surface area contributed by atoms with Crippen molar-refractivity contribution in [2.45, 2.75) is 6.42 Å². The van der Waals surface area contributed by atoms with Gasteiger partial charge >= 0.3 is 0 Å². The van der Waals surface area contributed by atoms with Gasteiger partial charge in [-0.05, 0) is 30.2 Å². The van der Waals surface area contributed by atoms with Crippen molar-refractivity contribution in [1.82, 2.24) is 15.6 Å². The predicted octanol–water partition coefficient (Wildman–Crippen LogP) is 2.58. The Morgan fingerprint density at radius 3 is 2.54 bits per heavy atom. The summed E-state index contributed by atoms with van der Waals surface area (Å²) in [5.74, 6) is 0.804. The minimum absolute atomic E-state index is 0.520. The van der Waals surface area contributed by atoms with E-state index in [-0.39, 0.29) is 0 Å². The van der Waals surface area contributed by atoms with Crippen molar-refractivity contribution in [2.75, 3.05) is 38.6 Å². The summed E-state index contributed by atoms with van der Waals surface area (Å²) in [6.07, 6.45) is 2.67. The molecule has 24 heavy (non-hydrogen) atoms. The molecule has 1 aromatic heterocycles. The van der Waals surface area contributed by atoms with Crippen molar-refractivity contribution in [3.05, 3.63) is 59.4 Å². The molecule has 0 unspecified atom stereocenters. The maximum atomic E-state index is 5.79. The first-order chi connectivity index (χ1) is 11.7. The second-order valence-electron chi connectivity index (χ2n) is 5.42. The van der Waals surface area contributed by atoms with Crippen LogP contribution in [0.5, 0.6) is 0 Å². The van der Waals surface area contributed by atoms with E-state index in [0.29, 0.717) is 5.15 Å². The number of hydrogen-bond acceptors (Lipinski definition) is 3. The number of hydrogen-bond donors (Lipinski definition) is 2. The Morgan fingerprint density at radius 2 is 1.88 bits per heavy atom. The minimum Gasteiger partial charge on any atom is -0.373 e. The average molecular weight is 346 g/mol. The third kappa shape index (κ3) is 6.08. The zero-order valence-electron chi connectivity index (χ0n) is 14.2. The Bertz CT molecular complexity index is 628. The van der Waals surface area contributed by atoms with Gasteiger partial charge in [0.1, 0.15) is 5.15 Å². The summed E-state index contributed by atoms with van der Waals surface area (Å²) < 4.78 is 0. The average Bonchev–Trinajstić information content (AvgIpc) is 2.62. The summed E-state index contributed by atoms with van der Waals surface area (Å²) in [4.78, 5) is 10.5. The quantitative estimate of drug-likeness (QED) is 0.460. The highest BCUT2D eigenvalue weighted by molar-refractivity contribution is 6.29. The number of rotatable bonds is 7. The third-order valence-corrected chi connectivity index (χ3v) is 3.88. The molecule has 0 aliphatic heterocycles. The molecule has 0 aliphatic rings. The lowest BCUT2D eigenvalue weighted by Crippen LogP contribution is -2.41. The second-order valence-corrected chi connectivity index (χ2v) is 5.81. The molecule has 0 saturated carbocycles. The lowest BCUT2D eigenvalue weighted by atomic mass is 10.2. The molecule has 0 amide bonds. The van der Waals surface area contributed by atoms with Gasteiger partial charge in [-0.3, -0.25) is 4.99 Å². The number of benzene rings is 1. The number of anilines is 1. The number of aliphatic imine (C=N–C) groups is 1. The molecule has 5 nitrogen and oxygen atoms in total. The first kappa shape index (κ1) is 18.1. The topological polar surface area (TPSA) is 52.6 Å². The highest BCUT2D eigenvalue weighted by Gasteiger charge is 2.01. The van der Waals surface area contributed by atoms with Gasteiger partial charge in [-0.2, -0.15) is 0 Å². The van der Waals surface area contributed by atoms with Gasteiger partial charge in [-0.25, -0.2) is 4.98 Å². The van der Waals surface area contributed by atoms with Crippen LogP contribution in [0.15, 0.2) is 53.7 Å². The van der Waals surface area contributed by atoms with Gasteiger partial charge in [-0.1, -0.05) is 35.9 Å². The molecule has 0 radical (unpaired) electrons. The summed E-state index contributed by atoms with van der Waals surface area (Å²) in [7, 11) is 3.86. The molecular weight excluding hydrogens is 322 g/mol. The molecule has 2 aromatic rings. The van der Waals surface area contributed by atoms with Crippen molar-refractivity contribution in [1.29, 1.82) is 0 Å². The van der Waals surface area contributed by atoms with E-state index in [9.17, 15) is 0 Å². The lowest BCUT2D eigenvalue weighted by molar-refractivity contribution is 0.770. The minimum atomic E-state index is 0.520. The molecular formula is C18H24ClN5. The molecule has 2 N–H and O–H groups in total. The summed E-state index contributed by atoms with van der Waals surface area (Å²) >= 11 is 5.79. The van der Waals surface area contributed by atoms with Gasteiger partial charge < -0.3 is 15.5 Å². The molecule has 2 rings (SSSR count). The molecule has 1 heterocycles. The Balaban J connectivity index is 1.68. The first-order valence-corrected chi connectivity index (χ1v) is 8.38. The molecule has 0 atom stereocenters. The van der Waals surface area contributed by atoms with Crippen LogP contribution >= 0.6 is 11.6 Å². The highest BCUT2D eigenvalue weighted by atomic mass is 35.5. The van der Waals surface area contributed by atoms with E-state index in [2.05, 4.69) is 44.7 Å². The Morgan fingerprint density at radius 1 is 1.12 bits per heavy atom. The fourth-order valence-corrected chi connectivity index (χ4v) is 2.37. The Kier molecular flexibility index (Phi) is 7.36. The van der Waals surface area contributed by atoms with Crippen molar-refractivity contribution in [3.63, 3.8) is 0 Å². The first-order valence-electron chi connectivity index (χ1n) is 8.00. The van der Waals surface area contributed by atoms with E-state index in [4.69, 9.17) is 11.6 Å². The largest absolute Gasteiger partial charge is 0.373 e. The van der Waals surface area contributed by atoms with E-state index in [1.54, 1.807) is 13.2 Å². The number of pyridine rings is 1. The molecule has 6 heteroatoms. The predicted molar refractivity (Wildman–Crippen MR) is 102 cm³/mol. The number of nitrogens with one attached hydrogen (secondary N) is 2. The van der Waals surface area contributed by atoms with Crippen LogP contribution in [0.3, 0.4) is 0 Å². The third-order valence-electron chi connectivity index (χ3n) is 3.65. The molecule has 0 aliphatic carbocycles. The van der Waals surface area contributed by atoms with Gasteiger partial charge in [0.25, 0.3) is 0 Å². The SMILES string of the molecule is CN=C(NCCc1ccc(Cl)nc1)NCCN(C)c1ccccc1. The van der Waals surface area contributed by atoms with Crippen molar-refractivity contribution in [2.24, 2.45) is 4.99 Å². The van der Waals surface area contributed by atoms with E-state index < -0.39 is 0 Å². The summed E-state index contributed by atoms with van der Waals surface area (Å²) in [5, 5.41) is 7.15. The summed E-state index contributed by atoms with van der Waals surface area (Å²) in [6, 6.07) is 14.1. The van der Waals surface area contributed by atoms with Crippen LogP contribution in [0.1, 0.15) is 5.56 Å². The number of aromatic nitrogens is 1. The standard InChI is InChI=1S/C18H24ClN5/c1-20-18(21-11-10-15-8-9-17(19)23-14-15)22-12-13-24(2)16-6-4-3-5-7-16/h3-9,14H,10-13H2,1-2H3,(H2,20,21,22).